The van der Waals surface area contributed by atoms with Gasteiger partial charge in [0.1, 0.15) is 5.82 Å². The van der Waals surface area contributed by atoms with Crippen LogP contribution in [0.25, 0.3) is 6.08 Å². The van der Waals surface area contributed by atoms with E-state index in [2.05, 4.69) is 4.98 Å². The summed E-state index contributed by atoms with van der Waals surface area (Å²) in [4.78, 5) is 14.3. The van der Waals surface area contributed by atoms with Gasteiger partial charge in [-0.15, -0.1) is 0 Å². The largest absolute Gasteiger partial charge is 0.392 e. The average molecular weight is 193 g/mol. The lowest BCUT2D eigenvalue weighted by atomic mass is 10.2. The van der Waals surface area contributed by atoms with Gasteiger partial charge in [0, 0.05) is 17.8 Å². The van der Waals surface area contributed by atoms with Crippen molar-refractivity contribution in [1.29, 1.82) is 0 Å². The molecule has 1 aromatic heterocycles. The summed E-state index contributed by atoms with van der Waals surface area (Å²) in [6.07, 6.45) is 4.22. The molecule has 5 heteroatoms. The van der Waals surface area contributed by atoms with Gasteiger partial charge in [0.25, 0.3) is 0 Å². The van der Waals surface area contributed by atoms with Gasteiger partial charge in [0.15, 0.2) is 0 Å². The van der Waals surface area contributed by atoms with Gasteiger partial charge < -0.3 is 16.6 Å². The molecule has 5 N–H and O–H groups in total. The molecule has 0 aromatic carbocycles. The van der Waals surface area contributed by atoms with E-state index in [1.165, 1.54) is 18.3 Å². The molecule has 14 heavy (non-hydrogen) atoms. The van der Waals surface area contributed by atoms with Crippen LogP contribution in [0, 0.1) is 0 Å². The molecule has 5 nitrogen and oxygen atoms in total. The summed E-state index contributed by atoms with van der Waals surface area (Å²) in [6.45, 7) is -0.183. The van der Waals surface area contributed by atoms with Crippen LogP contribution in [0.1, 0.15) is 11.1 Å². The third-order valence-corrected chi connectivity index (χ3v) is 1.63. The first kappa shape index (κ1) is 10.2. The number of aromatic nitrogens is 1. The Kier molecular flexibility index (Phi) is 3.19. The number of amides is 1. The predicted octanol–water partition coefficient (Wildman–Crippen LogP) is -0.345. The van der Waals surface area contributed by atoms with Gasteiger partial charge in [-0.3, -0.25) is 4.79 Å². The van der Waals surface area contributed by atoms with Crippen molar-refractivity contribution in [1.82, 2.24) is 4.98 Å². The average Bonchev–Trinajstić information content (AvgIpc) is 2.16. The molecule has 0 spiro atoms. The topological polar surface area (TPSA) is 102 Å². The van der Waals surface area contributed by atoms with E-state index in [1.807, 2.05) is 0 Å². The molecule has 1 rings (SSSR count). The van der Waals surface area contributed by atoms with Crippen LogP contribution < -0.4 is 11.5 Å². The highest BCUT2D eigenvalue weighted by atomic mass is 16.3. The maximum Gasteiger partial charge on any atom is 0.241 e. The Morgan fingerprint density at radius 2 is 2.36 bits per heavy atom. The molecule has 0 fully saturated rings. The van der Waals surface area contributed by atoms with Crippen LogP contribution >= 0.6 is 0 Å². The van der Waals surface area contributed by atoms with Crippen LogP contribution in [-0.2, 0) is 11.4 Å². The molecule has 0 radical (unpaired) electrons. The summed E-state index contributed by atoms with van der Waals surface area (Å²) < 4.78 is 0. The van der Waals surface area contributed by atoms with E-state index in [0.29, 0.717) is 11.1 Å². The van der Waals surface area contributed by atoms with Gasteiger partial charge in [-0.2, -0.15) is 0 Å². The Labute approximate surface area is 81.1 Å². The summed E-state index contributed by atoms with van der Waals surface area (Å²) in [5.74, 6) is -0.254. The Morgan fingerprint density at radius 1 is 1.64 bits per heavy atom. The number of pyridine rings is 1. The van der Waals surface area contributed by atoms with E-state index >= 15 is 0 Å². The van der Waals surface area contributed by atoms with Crippen LogP contribution in [-0.4, -0.2) is 16.0 Å². The van der Waals surface area contributed by atoms with Gasteiger partial charge in [0.2, 0.25) is 5.91 Å². The normalized spacial score (nSPS) is 10.6. The van der Waals surface area contributed by atoms with Crippen molar-refractivity contribution in [2.45, 2.75) is 6.61 Å². The van der Waals surface area contributed by atoms with Crippen LogP contribution in [0.15, 0.2) is 18.3 Å². The Balaban J connectivity index is 2.95. The van der Waals surface area contributed by atoms with Crippen LogP contribution in [0.2, 0.25) is 0 Å². The van der Waals surface area contributed by atoms with Gasteiger partial charge >= 0.3 is 0 Å². The molecule has 0 aliphatic rings. The second-order valence-corrected chi connectivity index (χ2v) is 2.71. The number of carbonyl (C=O) groups excluding carboxylic acids is 1. The van der Waals surface area contributed by atoms with Gasteiger partial charge in [-0.1, -0.05) is 0 Å². The highest BCUT2D eigenvalue weighted by molar-refractivity contribution is 5.90. The number of nitrogens with two attached hydrogens (primary N) is 2. The number of aliphatic hydroxyl groups is 1. The SMILES string of the molecule is NC(=O)C=Cc1cnc(N)c(CO)c1. The minimum Gasteiger partial charge on any atom is -0.392 e. The number of primary amides is 1. The molecular weight excluding hydrogens is 182 g/mol. The second kappa shape index (κ2) is 4.38. The van der Waals surface area contributed by atoms with Crippen molar-refractivity contribution in [3.8, 4) is 0 Å². The maximum atomic E-state index is 10.4. The van der Waals surface area contributed by atoms with Gasteiger partial charge in [-0.05, 0) is 17.7 Å². The predicted molar refractivity (Wildman–Crippen MR) is 52.8 cm³/mol. The number of carbonyl (C=O) groups is 1. The van der Waals surface area contributed by atoms with Crippen molar-refractivity contribution in [2.24, 2.45) is 5.73 Å². The third-order valence-electron chi connectivity index (χ3n) is 1.63. The number of nitrogen functional groups attached to an aromatic ring is 1. The number of hydrogen-bond acceptors (Lipinski definition) is 4. The number of aliphatic hydroxyl groups excluding tert-OH is 1. The smallest absolute Gasteiger partial charge is 0.241 e. The van der Waals surface area contributed by atoms with E-state index < -0.39 is 5.91 Å². The first-order valence-corrected chi connectivity index (χ1v) is 3.96. The molecule has 0 bridgehead atoms. The Bertz CT molecular complexity index is 374. The number of anilines is 1. The van der Waals surface area contributed by atoms with Crippen LogP contribution in [0.4, 0.5) is 5.82 Å². The summed E-state index contributed by atoms with van der Waals surface area (Å²) in [6, 6.07) is 1.64. The zero-order chi connectivity index (χ0) is 10.6. The first-order valence-electron chi connectivity index (χ1n) is 3.96. The van der Waals surface area contributed by atoms with Crippen LogP contribution in [0.3, 0.4) is 0 Å². The molecule has 74 valence electrons. The van der Waals surface area contributed by atoms with Crippen LogP contribution in [0.5, 0.6) is 0 Å². The lowest BCUT2D eigenvalue weighted by Gasteiger charge is -2.01. The van der Waals surface area contributed by atoms with E-state index in [1.54, 1.807) is 6.07 Å². The second-order valence-electron chi connectivity index (χ2n) is 2.71. The van der Waals surface area contributed by atoms with Gasteiger partial charge in [0.05, 0.1) is 6.61 Å². The summed E-state index contributed by atoms with van der Waals surface area (Å²) >= 11 is 0. The van der Waals surface area contributed by atoms with E-state index in [4.69, 9.17) is 16.6 Å². The fourth-order valence-electron chi connectivity index (χ4n) is 0.936. The molecule has 0 aliphatic carbocycles. The molecule has 1 aromatic rings. The van der Waals surface area contributed by atoms with Crippen molar-refractivity contribution >= 4 is 17.8 Å². The fraction of sp³-hybridized carbons (Fsp3) is 0.111. The molecule has 0 unspecified atom stereocenters. The molecule has 0 atom stereocenters. The summed E-state index contributed by atoms with van der Waals surface area (Å²) in [5.41, 5.74) is 11.6. The standard InChI is InChI=1S/C9H11N3O2/c10-8(14)2-1-6-3-7(5-13)9(11)12-4-6/h1-4,13H,5H2,(H2,10,14)(H2,11,12). The highest BCUT2D eigenvalue weighted by Crippen LogP contribution is 2.11. The fourth-order valence-corrected chi connectivity index (χ4v) is 0.936. The Morgan fingerprint density at radius 3 is 2.93 bits per heavy atom. The zero-order valence-electron chi connectivity index (χ0n) is 7.47. The highest BCUT2D eigenvalue weighted by Gasteiger charge is 1.99. The molecule has 0 saturated carbocycles. The monoisotopic (exact) mass is 193 g/mol. The lowest BCUT2D eigenvalue weighted by molar-refractivity contribution is -0.113. The van der Waals surface area contributed by atoms with Crippen molar-refractivity contribution in [3.63, 3.8) is 0 Å². The first-order chi connectivity index (χ1) is 6.63. The van der Waals surface area contributed by atoms with E-state index in [-0.39, 0.29) is 12.4 Å². The molecule has 0 aliphatic heterocycles. The van der Waals surface area contributed by atoms with E-state index in [9.17, 15) is 4.79 Å². The van der Waals surface area contributed by atoms with E-state index in [0.717, 1.165) is 0 Å². The minimum atomic E-state index is -0.535. The summed E-state index contributed by atoms with van der Waals surface area (Å²) in [7, 11) is 0. The zero-order valence-corrected chi connectivity index (χ0v) is 7.47. The molecule has 0 saturated heterocycles. The maximum absolute atomic E-state index is 10.4. The number of hydrogen-bond donors (Lipinski definition) is 3. The summed E-state index contributed by atoms with van der Waals surface area (Å²) in [5, 5.41) is 8.88. The quantitative estimate of drug-likeness (QED) is 0.571. The van der Waals surface area contributed by atoms with Crippen molar-refractivity contribution in [3.05, 3.63) is 29.5 Å². The van der Waals surface area contributed by atoms with Crippen molar-refractivity contribution in [2.75, 3.05) is 5.73 Å². The number of rotatable bonds is 3. The van der Waals surface area contributed by atoms with Gasteiger partial charge in [-0.25, -0.2) is 4.98 Å². The molecule has 1 heterocycles. The van der Waals surface area contributed by atoms with Crippen molar-refractivity contribution < 1.29 is 9.90 Å². The third kappa shape index (κ3) is 2.56. The lowest BCUT2D eigenvalue weighted by Crippen LogP contribution is -2.05. The minimum absolute atomic E-state index is 0.183. The molecule has 1 amide bonds. The Hall–Kier alpha value is -1.88. The number of nitrogens with zero attached hydrogens (tertiary/aromatic N) is 1. The molecular formula is C9H11N3O2.